The smallest absolute Gasteiger partial charge is 0.330 e. The molecule has 0 aliphatic rings. The number of aromatic nitrogens is 1. The van der Waals surface area contributed by atoms with Gasteiger partial charge >= 0.3 is 6.03 Å². The van der Waals surface area contributed by atoms with Gasteiger partial charge in [-0.1, -0.05) is 6.07 Å². The van der Waals surface area contributed by atoms with E-state index < -0.39 is 6.03 Å². The van der Waals surface area contributed by atoms with Gasteiger partial charge < -0.3 is 11.1 Å². The van der Waals surface area contributed by atoms with Crippen LogP contribution in [0.25, 0.3) is 0 Å². The summed E-state index contributed by atoms with van der Waals surface area (Å²) in [5.74, 6) is -0.0370. The van der Waals surface area contributed by atoms with E-state index in [9.17, 15) is 4.79 Å². The van der Waals surface area contributed by atoms with Crippen LogP contribution in [0.5, 0.6) is 0 Å². The van der Waals surface area contributed by atoms with E-state index in [1.54, 1.807) is 18.2 Å². The zero-order valence-electron chi connectivity index (χ0n) is 9.27. The molecule has 0 saturated carbocycles. The van der Waals surface area contributed by atoms with Crippen molar-refractivity contribution in [1.29, 1.82) is 5.41 Å². The van der Waals surface area contributed by atoms with Crippen LogP contribution < -0.4 is 16.0 Å². The molecule has 4 N–H and O–H groups in total. The van der Waals surface area contributed by atoms with E-state index in [-0.39, 0.29) is 12.0 Å². The number of nitrogens with one attached hydrogen (secondary N) is 2. The highest BCUT2D eigenvalue weighted by atomic mass is 16.2. The molecule has 0 aliphatic heterocycles. The molecule has 0 atom stereocenters. The summed E-state index contributed by atoms with van der Waals surface area (Å²) in [6.45, 7) is 3.66. The Kier molecular flexibility index (Phi) is 3.82. The number of rotatable bonds is 2. The molecule has 86 valence electrons. The third-order valence-corrected chi connectivity index (χ3v) is 1.73. The van der Waals surface area contributed by atoms with Crippen LogP contribution in [-0.4, -0.2) is 23.0 Å². The predicted molar refractivity (Wildman–Crippen MR) is 62.3 cm³/mol. The molecule has 0 spiro atoms. The first kappa shape index (κ1) is 12.0. The van der Waals surface area contributed by atoms with E-state index in [1.165, 1.54) is 6.20 Å². The van der Waals surface area contributed by atoms with Crippen molar-refractivity contribution in [3.05, 3.63) is 24.4 Å². The molecule has 0 unspecified atom stereocenters. The van der Waals surface area contributed by atoms with Gasteiger partial charge in [0, 0.05) is 12.2 Å². The van der Waals surface area contributed by atoms with Crippen molar-refractivity contribution >= 4 is 17.8 Å². The Hall–Kier alpha value is -2.11. The highest BCUT2D eigenvalue weighted by Crippen LogP contribution is 2.08. The second kappa shape index (κ2) is 5.11. The van der Waals surface area contributed by atoms with Crippen molar-refractivity contribution in [3.8, 4) is 0 Å². The highest BCUT2D eigenvalue weighted by Gasteiger charge is 2.19. The lowest BCUT2D eigenvalue weighted by atomic mass is 10.4. The van der Waals surface area contributed by atoms with Crippen LogP contribution in [0.2, 0.25) is 0 Å². The fraction of sp³-hybridized carbons (Fsp3) is 0.300. The SMILES string of the molecule is CC(C)NC(=O)N(C(=N)N)c1ccccn1. The van der Waals surface area contributed by atoms with Crippen LogP contribution in [0.1, 0.15) is 13.8 Å². The van der Waals surface area contributed by atoms with Crippen LogP contribution in [0, 0.1) is 5.41 Å². The van der Waals surface area contributed by atoms with E-state index >= 15 is 0 Å². The van der Waals surface area contributed by atoms with Gasteiger partial charge in [0.25, 0.3) is 0 Å². The predicted octanol–water partition coefficient (Wildman–Crippen LogP) is 0.899. The molecule has 2 amide bonds. The standard InChI is InChI=1S/C10H15N5O/c1-7(2)14-10(16)15(9(11)12)8-5-3-4-6-13-8/h3-7H,1-2H3,(H3,11,12)(H,14,16). The third-order valence-electron chi connectivity index (χ3n) is 1.73. The molecule has 6 heteroatoms. The number of carbonyl (C=O) groups excluding carboxylic acids is 1. The molecule has 1 heterocycles. The van der Waals surface area contributed by atoms with Gasteiger partial charge in [0.15, 0.2) is 0 Å². The lowest BCUT2D eigenvalue weighted by Crippen LogP contribution is -2.49. The maximum absolute atomic E-state index is 11.7. The topological polar surface area (TPSA) is 95.1 Å². The number of amides is 2. The summed E-state index contributed by atoms with van der Waals surface area (Å²) in [6.07, 6.45) is 1.54. The number of nitrogens with two attached hydrogens (primary N) is 1. The zero-order chi connectivity index (χ0) is 12.1. The van der Waals surface area contributed by atoms with E-state index in [1.807, 2.05) is 13.8 Å². The van der Waals surface area contributed by atoms with E-state index in [0.717, 1.165) is 4.90 Å². The summed E-state index contributed by atoms with van der Waals surface area (Å²) in [5.41, 5.74) is 5.35. The van der Waals surface area contributed by atoms with Crippen molar-refractivity contribution in [2.75, 3.05) is 4.90 Å². The van der Waals surface area contributed by atoms with Gasteiger partial charge in [0.1, 0.15) is 5.82 Å². The fourth-order valence-electron chi connectivity index (χ4n) is 1.13. The van der Waals surface area contributed by atoms with Crippen molar-refractivity contribution in [3.63, 3.8) is 0 Å². The van der Waals surface area contributed by atoms with Crippen molar-refractivity contribution < 1.29 is 4.79 Å². The summed E-state index contributed by atoms with van der Waals surface area (Å²) in [5, 5.41) is 10.0. The normalized spacial score (nSPS) is 9.94. The number of anilines is 1. The Morgan fingerprint density at radius 2 is 2.25 bits per heavy atom. The molecule has 0 radical (unpaired) electrons. The van der Waals surface area contributed by atoms with Crippen LogP contribution in [0.3, 0.4) is 0 Å². The molecule has 1 aromatic rings. The second-order valence-corrected chi connectivity index (χ2v) is 3.51. The van der Waals surface area contributed by atoms with Gasteiger partial charge in [-0.05, 0) is 26.0 Å². The van der Waals surface area contributed by atoms with Gasteiger partial charge in [-0.15, -0.1) is 0 Å². The minimum atomic E-state index is -0.457. The fourth-order valence-corrected chi connectivity index (χ4v) is 1.13. The van der Waals surface area contributed by atoms with Crippen molar-refractivity contribution in [1.82, 2.24) is 10.3 Å². The Morgan fingerprint density at radius 1 is 1.56 bits per heavy atom. The van der Waals surface area contributed by atoms with Gasteiger partial charge in [-0.2, -0.15) is 0 Å². The first-order chi connectivity index (χ1) is 7.52. The van der Waals surface area contributed by atoms with Gasteiger partial charge in [0.05, 0.1) is 0 Å². The first-order valence-corrected chi connectivity index (χ1v) is 4.88. The van der Waals surface area contributed by atoms with Crippen molar-refractivity contribution in [2.45, 2.75) is 19.9 Å². The molecular weight excluding hydrogens is 206 g/mol. The minimum Gasteiger partial charge on any atom is -0.369 e. The van der Waals surface area contributed by atoms with E-state index in [2.05, 4.69) is 10.3 Å². The largest absolute Gasteiger partial charge is 0.369 e. The summed E-state index contributed by atoms with van der Waals surface area (Å²) in [6, 6.07) is 4.57. The molecule has 0 fully saturated rings. The number of hydrogen-bond acceptors (Lipinski definition) is 3. The average molecular weight is 221 g/mol. The third kappa shape index (κ3) is 2.94. The molecule has 0 aliphatic carbocycles. The van der Waals surface area contributed by atoms with Crippen LogP contribution in [-0.2, 0) is 0 Å². The number of urea groups is 1. The number of guanidine groups is 1. The van der Waals surface area contributed by atoms with Gasteiger partial charge in [-0.25, -0.2) is 14.7 Å². The van der Waals surface area contributed by atoms with Crippen LogP contribution >= 0.6 is 0 Å². The molecule has 6 nitrogen and oxygen atoms in total. The van der Waals surface area contributed by atoms with Crippen LogP contribution in [0.4, 0.5) is 10.6 Å². The molecular formula is C10H15N5O. The number of pyridine rings is 1. The molecule has 0 aromatic carbocycles. The lowest BCUT2D eigenvalue weighted by molar-refractivity contribution is 0.246. The molecule has 0 bridgehead atoms. The summed E-state index contributed by atoms with van der Waals surface area (Å²) < 4.78 is 0. The highest BCUT2D eigenvalue weighted by molar-refractivity contribution is 6.13. The van der Waals surface area contributed by atoms with Gasteiger partial charge in [0.2, 0.25) is 5.96 Å². The second-order valence-electron chi connectivity index (χ2n) is 3.51. The summed E-state index contributed by atoms with van der Waals surface area (Å²) in [4.78, 5) is 16.7. The number of carbonyl (C=O) groups is 1. The molecule has 1 rings (SSSR count). The maximum atomic E-state index is 11.7. The number of nitrogens with zero attached hydrogens (tertiary/aromatic N) is 2. The molecule has 1 aromatic heterocycles. The molecule has 0 saturated heterocycles. The lowest BCUT2D eigenvalue weighted by Gasteiger charge is -2.21. The summed E-state index contributed by atoms with van der Waals surface area (Å²) >= 11 is 0. The van der Waals surface area contributed by atoms with E-state index in [4.69, 9.17) is 11.1 Å². The number of hydrogen-bond donors (Lipinski definition) is 3. The van der Waals surface area contributed by atoms with E-state index in [0.29, 0.717) is 5.82 Å². The zero-order valence-corrected chi connectivity index (χ0v) is 9.27. The Morgan fingerprint density at radius 3 is 2.69 bits per heavy atom. The van der Waals surface area contributed by atoms with Crippen molar-refractivity contribution in [2.24, 2.45) is 5.73 Å². The Balaban J connectivity index is 2.92. The summed E-state index contributed by atoms with van der Waals surface area (Å²) in [7, 11) is 0. The van der Waals surface area contributed by atoms with Crippen LogP contribution in [0.15, 0.2) is 24.4 Å². The Labute approximate surface area is 94.0 Å². The minimum absolute atomic E-state index is 0.0296. The average Bonchev–Trinajstić information content (AvgIpc) is 2.17. The Bertz CT molecular complexity index is 376. The quantitative estimate of drug-likeness (QED) is 0.511. The molecule has 16 heavy (non-hydrogen) atoms. The van der Waals surface area contributed by atoms with Gasteiger partial charge in [-0.3, -0.25) is 5.41 Å². The monoisotopic (exact) mass is 221 g/mol. The first-order valence-electron chi connectivity index (χ1n) is 4.88. The maximum Gasteiger partial charge on any atom is 0.330 e.